The van der Waals surface area contributed by atoms with Crippen LogP contribution >= 0.6 is 0 Å². The van der Waals surface area contributed by atoms with Gasteiger partial charge in [-0.25, -0.2) is 4.98 Å². The average molecular weight is 258 g/mol. The molecule has 3 nitrogen and oxygen atoms in total. The first kappa shape index (κ1) is 13.8. The monoisotopic (exact) mass is 258 g/mol. The van der Waals surface area contributed by atoms with Gasteiger partial charge in [0.1, 0.15) is 0 Å². The molecule has 1 heterocycles. The standard InChI is InChI=1S/C16H22N2O/c1-4-6-17-7-5-16-18-11-15(19-16)14-9-12(2)8-13(3)10-14/h8-11,17H,4-7H2,1-3H3. The van der Waals surface area contributed by atoms with Gasteiger partial charge in [0, 0.05) is 18.5 Å². The van der Waals surface area contributed by atoms with E-state index in [9.17, 15) is 0 Å². The van der Waals surface area contributed by atoms with E-state index in [-0.39, 0.29) is 0 Å². The maximum atomic E-state index is 5.81. The highest BCUT2D eigenvalue weighted by molar-refractivity contribution is 5.58. The van der Waals surface area contributed by atoms with Crippen molar-refractivity contribution in [2.75, 3.05) is 13.1 Å². The van der Waals surface area contributed by atoms with Crippen molar-refractivity contribution in [3.05, 3.63) is 41.4 Å². The second-order valence-electron chi connectivity index (χ2n) is 4.99. The molecular formula is C16H22N2O. The maximum absolute atomic E-state index is 5.81. The van der Waals surface area contributed by atoms with E-state index in [0.717, 1.165) is 43.1 Å². The van der Waals surface area contributed by atoms with Crippen LogP contribution in [0.5, 0.6) is 0 Å². The Morgan fingerprint density at radius 2 is 1.84 bits per heavy atom. The minimum Gasteiger partial charge on any atom is -0.441 e. The van der Waals surface area contributed by atoms with E-state index < -0.39 is 0 Å². The number of rotatable bonds is 6. The molecule has 0 spiro atoms. The number of aromatic nitrogens is 1. The summed E-state index contributed by atoms with van der Waals surface area (Å²) in [6.45, 7) is 8.33. The van der Waals surface area contributed by atoms with Crippen LogP contribution < -0.4 is 5.32 Å². The van der Waals surface area contributed by atoms with Crippen LogP contribution in [0, 0.1) is 13.8 Å². The SMILES string of the molecule is CCCNCCc1ncc(-c2cc(C)cc(C)c2)o1. The third kappa shape index (κ3) is 3.93. The number of benzene rings is 1. The van der Waals surface area contributed by atoms with E-state index in [1.165, 1.54) is 11.1 Å². The Kier molecular flexibility index (Phi) is 4.74. The van der Waals surface area contributed by atoms with Crippen molar-refractivity contribution in [1.82, 2.24) is 10.3 Å². The molecule has 0 amide bonds. The number of hydrogen-bond donors (Lipinski definition) is 1. The molecular weight excluding hydrogens is 236 g/mol. The maximum Gasteiger partial charge on any atom is 0.196 e. The van der Waals surface area contributed by atoms with Crippen LogP contribution in [0.3, 0.4) is 0 Å². The summed E-state index contributed by atoms with van der Waals surface area (Å²) < 4.78 is 5.81. The Labute approximate surface area is 115 Å². The molecule has 0 aliphatic heterocycles. The van der Waals surface area contributed by atoms with Gasteiger partial charge in [-0.1, -0.05) is 24.1 Å². The van der Waals surface area contributed by atoms with Crippen LogP contribution in [0.25, 0.3) is 11.3 Å². The zero-order chi connectivity index (χ0) is 13.7. The molecule has 1 aromatic carbocycles. The third-order valence-corrected chi connectivity index (χ3v) is 3.00. The van der Waals surface area contributed by atoms with E-state index in [1.54, 1.807) is 0 Å². The lowest BCUT2D eigenvalue weighted by molar-refractivity contribution is 0.495. The minimum absolute atomic E-state index is 0.803. The smallest absolute Gasteiger partial charge is 0.196 e. The van der Waals surface area contributed by atoms with Crippen molar-refractivity contribution in [3.63, 3.8) is 0 Å². The van der Waals surface area contributed by atoms with Gasteiger partial charge in [-0.05, 0) is 38.9 Å². The van der Waals surface area contributed by atoms with Crippen molar-refractivity contribution in [3.8, 4) is 11.3 Å². The van der Waals surface area contributed by atoms with Gasteiger partial charge in [-0.2, -0.15) is 0 Å². The van der Waals surface area contributed by atoms with Gasteiger partial charge in [0.25, 0.3) is 0 Å². The van der Waals surface area contributed by atoms with Crippen molar-refractivity contribution in [2.24, 2.45) is 0 Å². The first-order chi connectivity index (χ1) is 9.19. The molecule has 0 saturated heterocycles. The summed E-state index contributed by atoms with van der Waals surface area (Å²) in [6.07, 6.45) is 3.81. The number of oxazole rings is 1. The van der Waals surface area contributed by atoms with Crippen LogP contribution in [0.15, 0.2) is 28.8 Å². The third-order valence-electron chi connectivity index (χ3n) is 3.00. The summed E-state index contributed by atoms with van der Waals surface area (Å²) in [5.41, 5.74) is 3.60. The fraction of sp³-hybridized carbons (Fsp3) is 0.438. The first-order valence-electron chi connectivity index (χ1n) is 6.93. The van der Waals surface area contributed by atoms with E-state index in [0.29, 0.717) is 0 Å². The van der Waals surface area contributed by atoms with E-state index in [4.69, 9.17) is 4.42 Å². The molecule has 1 N–H and O–H groups in total. The molecule has 2 aromatic rings. The molecule has 0 atom stereocenters. The van der Waals surface area contributed by atoms with Crippen molar-refractivity contribution < 1.29 is 4.42 Å². The molecule has 0 fully saturated rings. The lowest BCUT2D eigenvalue weighted by Crippen LogP contribution is -2.17. The summed E-state index contributed by atoms with van der Waals surface area (Å²) in [4.78, 5) is 4.34. The fourth-order valence-electron chi connectivity index (χ4n) is 2.17. The minimum atomic E-state index is 0.803. The molecule has 0 bridgehead atoms. The Morgan fingerprint density at radius 1 is 1.11 bits per heavy atom. The highest BCUT2D eigenvalue weighted by Gasteiger charge is 2.07. The molecule has 3 heteroatoms. The van der Waals surface area contributed by atoms with E-state index in [1.807, 2.05) is 6.20 Å². The van der Waals surface area contributed by atoms with Crippen LogP contribution in [-0.4, -0.2) is 18.1 Å². The van der Waals surface area contributed by atoms with Crippen molar-refractivity contribution >= 4 is 0 Å². The second kappa shape index (κ2) is 6.53. The van der Waals surface area contributed by atoms with Gasteiger partial charge in [0.05, 0.1) is 6.20 Å². The summed E-state index contributed by atoms with van der Waals surface area (Å²) >= 11 is 0. The second-order valence-corrected chi connectivity index (χ2v) is 4.99. The lowest BCUT2D eigenvalue weighted by atomic mass is 10.1. The molecule has 2 rings (SSSR count). The van der Waals surface area contributed by atoms with Crippen molar-refractivity contribution in [1.29, 1.82) is 0 Å². The number of aryl methyl sites for hydroxylation is 2. The van der Waals surface area contributed by atoms with Gasteiger partial charge in [-0.3, -0.25) is 0 Å². The molecule has 0 radical (unpaired) electrons. The summed E-state index contributed by atoms with van der Waals surface area (Å²) in [7, 11) is 0. The highest BCUT2D eigenvalue weighted by atomic mass is 16.4. The predicted molar refractivity (Wildman–Crippen MR) is 78.3 cm³/mol. The average Bonchev–Trinajstić information content (AvgIpc) is 2.82. The van der Waals surface area contributed by atoms with E-state index >= 15 is 0 Å². The van der Waals surface area contributed by atoms with Crippen LogP contribution in [0.2, 0.25) is 0 Å². The summed E-state index contributed by atoms with van der Waals surface area (Å²) in [5.74, 6) is 1.66. The van der Waals surface area contributed by atoms with Gasteiger partial charge in [0.2, 0.25) is 0 Å². The Balaban J connectivity index is 2.03. The van der Waals surface area contributed by atoms with Gasteiger partial charge < -0.3 is 9.73 Å². The van der Waals surface area contributed by atoms with Crippen LogP contribution in [-0.2, 0) is 6.42 Å². The van der Waals surface area contributed by atoms with Crippen LogP contribution in [0.4, 0.5) is 0 Å². The number of nitrogens with zero attached hydrogens (tertiary/aromatic N) is 1. The normalized spacial score (nSPS) is 10.9. The topological polar surface area (TPSA) is 38.1 Å². The molecule has 0 aliphatic carbocycles. The Morgan fingerprint density at radius 3 is 2.53 bits per heavy atom. The molecule has 102 valence electrons. The first-order valence-corrected chi connectivity index (χ1v) is 6.93. The zero-order valence-electron chi connectivity index (χ0n) is 12.0. The Bertz CT molecular complexity index is 511. The highest BCUT2D eigenvalue weighted by Crippen LogP contribution is 2.23. The summed E-state index contributed by atoms with van der Waals surface area (Å²) in [5, 5.41) is 3.35. The molecule has 0 saturated carbocycles. The molecule has 19 heavy (non-hydrogen) atoms. The van der Waals surface area contributed by atoms with Crippen LogP contribution in [0.1, 0.15) is 30.4 Å². The molecule has 1 aromatic heterocycles. The van der Waals surface area contributed by atoms with Gasteiger partial charge in [-0.15, -0.1) is 0 Å². The van der Waals surface area contributed by atoms with Gasteiger partial charge in [0.15, 0.2) is 11.7 Å². The quantitative estimate of drug-likeness (QED) is 0.806. The molecule has 0 aliphatic rings. The molecule has 0 unspecified atom stereocenters. The van der Waals surface area contributed by atoms with E-state index in [2.05, 4.69) is 49.3 Å². The largest absolute Gasteiger partial charge is 0.441 e. The Hall–Kier alpha value is -1.61. The predicted octanol–water partition coefficient (Wildman–Crippen LogP) is 3.50. The fourth-order valence-corrected chi connectivity index (χ4v) is 2.17. The van der Waals surface area contributed by atoms with Gasteiger partial charge >= 0.3 is 0 Å². The lowest BCUT2D eigenvalue weighted by Gasteiger charge is -2.02. The number of nitrogens with one attached hydrogen (secondary N) is 1. The summed E-state index contributed by atoms with van der Waals surface area (Å²) in [6, 6.07) is 6.43. The number of hydrogen-bond acceptors (Lipinski definition) is 3. The zero-order valence-corrected chi connectivity index (χ0v) is 12.0. The van der Waals surface area contributed by atoms with Crippen molar-refractivity contribution in [2.45, 2.75) is 33.6 Å².